The summed E-state index contributed by atoms with van der Waals surface area (Å²) in [5.74, 6) is 2.12. The van der Waals surface area contributed by atoms with E-state index in [1.165, 1.54) is 16.0 Å². The second kappa shape index (κ2) is 11.4. The van der Waals surface area contributed by atoms with Crippen LogP contribution in [0.15, 0.2) is 67.5 Å². The van der Waals surface area contributed by atoms with E-state index < -0.39 is 0 Å². The topological polar surface area (TPSA) is 64.4 Å². The second-order valence-corrected chi connectivity index (χ2v) is 11.9. The number of morpholine rings is 2. The van der Waals surface area contributed by atoms with Crippen molar-refractivity contribution in [3.63, 3.8) is 0 Å². The minimum atomic E-state index is -0.0477. The first-order valence-corrected chi connectivity index (χ1v) is 14.7. The summed E-state index contributed by atoms with van der Waals surface area (Å²) in [6, 6.07) is 15.8. The van der Waals surface area contributed by atoms with Crippen molar-refractivity contribution in [3.8, 4) is 17.1 Å². The molecule has 6 rings (SSSR count). The van der Waals surface area contributed by atoms with E-state index >= 15 is 0 Å². The zero-order valence-corrected chi connectivity index (χ0v) is 23.7. The summed E-state index contributed by atoms with van der Waals surface area (Å²) in [6.07, 6.45) is 1.39. The SMILES string of the molecule is C[C@H](CN1C[C@@H](C)O[C@@H](C)C1)Oc1ccc2c(c1)Cc1cccc(-c3cc(=O)cc(N4CCOCC4)o3)c1S2. The molecule has 0 amide bonds. The Bertz CT molecular complexity index is 1380. The van der Waals surface area contributed by atoms with E-state index in [2.05, 4.69) is 54.8 Å². The molecule has 4 heterocycles. The van der Waals surface area contributed by atoms with Crippen LogP contribution in [0.3, 0.4) is 0 Å². The smallest absolute Gasteiger partial charge is 0.200 e. The van der Waals surface area contributed by atoms with Gasteiger partial charge in [0.1, 0.15) is 17.6 Å². The van der Waals surface area contributed by atoms with Gasteiger partial charge in [0.25, 0.3) is 0 Å². The van der Waals surface area contributed by atoms with Gasteiger partial charge in [-0.2, -0.15) is 0 Å². The van der Waals surface area contributed by atoms with Gasteiger partial charge in [0.15, 0.2) is 11.3 Å². The largest absolute Gasteiger partial charge is 0.489 e. The molecule has 39 heavy (non-hydrogen) atoms. The summed E-state index contributed by atoms with van der Waals surface area (Å²) in [5.41, 5.74) is 3.39. The summed E-state index contributed by atoms with van der Waals surface area (Å²) in [4.78, 5) is 19.5. The van der Waals surface area contributed by atoms with Crippen LogP contribution in [0.4, 0.5) is 5.88 Å². The Balaban J connectivity index is 1.19. The normalized spacial score (nSPS) is 22.2. The third kappa shape index (κ3) is 6.04. The fourth-order valence-corrected chi connectivity index (χ4v) is 6.99. The zero-order chi connectivity index (χ0) is 26.9. The third-order valence-electron chi connectivity index (χ3n) is 7.41. The third-order valence-corrected chi connectivity index (χ3v) is 8.72. The molecule has 0 saturated carbocycles. The van der Waals surface area contributed by atoms with Crippen molar-refractivity contribution < 1.29 is 18.6 Å². The molecule has 2 fully saturated rings. The van der Waals surface area contributed by atoms with Crippen LogP contribution in [-0.2, 0) is 15.9 Å². The van der Waals surface area contributed by atoms with Crippen LogP contribution >= 0.6 is 11.8 Å². The molecule has 0 aliphatic carbocycles. The highest BCUT2D eigenvalue weighted by atomic mass is 32.2. The minimum Gasteiger partial charge on any atom is -0.489 e. The van der Waals surface area contributed by atoms with Crippen molar-refractivity contribution in [2.75, 3.05) is 50.8 Å². The van der Waals surface area contributed by atoms with Crippen LogP contribution in [0.25, 0.3) is 11.3 Å². The van der Waals surface area contributed by atoms with Gasteiger partial charge in [-0.25, -0.2) is 0 Å². The lowest BCUT2D eigenvalue weighted by atomic mass is 10.0. The Labute approximate surface area is 234 Å². The van der Waals surface area contributed by atoms with Crippen molar-refractivity contribution in [3.05, 3.63) is 69.9 Å². The summed E-state index contributed by atoms with van der Waals surface area (Å²) in [5, 5.41) is 0. The Hall–Kier alpha value is -2.78. The van der Waals surface area contributed by atoms with E-state index in [0.717, 1.165) is 55.4 Å². The highest BCUT2D eigenvalue weighted by molar-refractivity contribution is 7.99. The average Bonchev–Trinajstić information content (AvgIpc) is 2.91. The fourth-order valence-electron chi connectivity index (χ4n) is 5.82. The number of nitrogens with zero attached hydrogens (tertiary/aromatic N) is 2. The van der Waals surface area contributed by atoms with Crippen LogP contribution < -0.4 is 15.1 Å². The molecule has 3 aliphatic heterocycles. The highest BCUT2D eigenvalue weighted by Gasteiger charge is 2.25. The lowest BCUT2D eigenvalue weighted by molar-refractivity contribution is -0.0740. The molecule has 3 atom stereocenters. The minimum absolute atomic E-state index is 0.0477. The first kappa shape index (κ1) is 26.4. The molecule has 0 spiro atoms. The molecule has 0 bridgehead atoms. The molecule has 0 N–H and O–H groups in total. The van der Waals surface area contributed by atoms with E-state index in [4.69, 9.17) is 18.6 Å². The van der Waals surface area contributed by atoms with Crippen LogP contribution in [0.2, 0.25) is 0 Å². The molecule has 1 aromatic heterocycles. The van der Waals surface area contributed by atoms with Gasteiger partial charge in [-0.15, -0.1) is 0 Å². The Morgan fingerprint density at radius 3 is 2.62 bits per heavy atom. The van der Waals surface area contributed by atoms with Gasteiger partial charge in [0, 0.05) is 60.2 Å². The van der Waals surface area contributed by atoms with Crippen molar-refractivity contribution in [2.24, 2.45) is 0 Å². The monoisotopic (exact) mass is 548 g/mol. The van der Waals surface area contributed by atoms with E-state index in [1.54, 1.807) is 23.9 Å². The predicted octanol–water partition coefficient (Wildman–Crippen LogP) is 5.08. The molecule has 0 radical (unpaired) electrons. The van der Waals surface area contributed by atoms with Crippen LogP contribution in [0.1, 0.15) is 31.9 Å². The van der Waals surface area contributed by atoms with Crippen molar-refractivity contribution >= 4 is 17.6 Å². The summed E-state index contributed by atoms with van der Waals surface area (Å²) < 4.78 is 24.0. The molecule has 3 aliphatic rings. The molecule has 7 nitrogen and oxygen atoms in total. The maximum atomic E-state index is 12.6. The van der Waals surface area contributed by atoms with Gasteiger partial charge in [-0.1, -0.05) is 30.0 Å². The van der Waals surface area contributed by atoms with Gasteiger partial charge in [-0.3, -0.25) is 9.69 Å². The van der Waals surface area contributed by atoms with Crippen molar-refractivity contribution in [2.45, 2.75) is 55.3 Å². The van der Waals surface area contributed by atoms with Crippen LogP contribution in [0, 0.1) is 0 Å². The molecular weight excluding hydrogens is 512 g/mol. The van der Waals surface area contributed by atoms with E-state index in [9.17, 15) is 4.79 Å². The van der Waals surface area contributed by atoms with Crippen molar-refractivity contribution in [1.82, 2.24) is 4.90 Å². The molecule has 3 aromatic rings. The van der Waals surface area contributed by atoms with E-state index in [1.807, 2.05) is 12.1 Å². The molecule has 2 aromatic carbocycles. The maximum Gasteiger partial charge on any atom is 0.200 e. The van der Waals surface area contributed by atoms with E-state index in [0.29, 0.717) is 24.9 Å². The van der Waals surface area contributed by atoms with Gasteiger partial charge in [-0.05, 0) is 56.5 Å². The summed E-state index contributed by atoms with van der Waals surface area (Å²) in [7, 11) is 0. The number of ether oxygens (including phenoxy) is 3. The molecule has 206 valence electrons. The lowest BCUT2D eigenvalue weighted by Crippen LogP contribution is -2.48. The lowest BCUT2D eigenvalue weighted by Gasteiger charge is -2.36. The van der Waals surface area contributed by atoms with Gasteiger partial charge in [0.05, 0.1) is 25.4 Å². The summed E-state index contributed by atoms with van der Waals surface area (Å²) >= 11 is 1.73. The zero-order valence-electron chi connectivity index (χ0n) is 22.9. The fraction of sp³-hybridized carbons (Fsp3) is 0.452. The molecular formula is C31H36N2O5S. The van der Waals surface area contributed by atoms with Gasteiger partial charge < -0.3 is 23.5 Å². The number of hydrogen-bond acceptors (Lipinski definition) is 8. The number of anilines is 1. The Kier molecular flexibility index (Phi) is 7.71. The van der Waals surface area contributed by atoms with Crippen LogP contribution in [-0.4, -0.2) is 69.1 Å². The first-order valence-electron chi connectivity index (χ1n) is 13.9. The quantitative estimate of drug-likeness (QED) is 0.331. The number of rotatable bonds is 6. The highest BCUT2D eigenvalue weighted by Crippen LogP contribution is 2.45. The second-order valence-electron chi connectivity index (χ2n) is 10.8. The maximum absolute atomic E-state index is 12.6. The number of benzene rings is 2. The molecule has 0 unspecified atom stereocenters. The van der Waals surface area contributed by atoms with E-state index in [-0.39, 0.29) is 23.7 Å². The Morgan fingerprint density at radius 1 is 1.03 bits per heavy atom. The first-order chi connectivity index (χ1) is 18.9. The number of fused-ring (bicyclic) bond motifs is 2. The molecule has 8 heteroatoms. The number of hydrogen-bond donors (Lipinski definition) is 0. The predicted molar refractivity (Wildman–Crippen MR) is 153 cm³/mol. The average molecular weight is 549 g/mol. The van der Waals surface area contributed by atoms with Crippen molar-refractivity contribution in [1.29, 1.82) is 0 Å². The summed E-state index contributed by atoms with van der Waals surface area (Å²) in [6.45, 7) is 11.9. The van der Waals surface area contributed by atoms with Gasteiger partial charge in [0.2, 0.25) is 0 Å². The molecule has 2 saturated heterocycles. The Morgan fingerprint density at radius 2 is 1.82 bits per heavy atom. The van der Waals surface area contributed by atoms with Crippen LogP contribution in [0.5, 0.6) is 5.75 Å². The standard InChI is InChI=1S/C31H36N2O5S/c1-20-17-32(18-21(2)36-20)19-22(3)37-26-7-8-29-24(14-26)13-23-5-4-6-27(31(23)39-29)28-15-25(34)16-30(38-28)33-9-11-35-12-10-33/h4-8,14-16,20-22H,9-13,17-19H2,1-3H3/t20-,21+,22-/m1/s1. The van der Waals surface area contributed by atoms with Gasteiger partial charge >= 0.3 is 0 Å².